The zero-order chi connectivity index (χ0) is 22.1. The third-order valence-corrected chi connectivity index (χ3v) is 4.34. The predicted octanol–water partition coefficient (Wildman–Crippen LogP) is 4.06. The lowest BCUT2D eigenvalue weighted by Gasteiger charge is -2.11. The van der Waals surface area contributed by atoms with Crippen LogP contribution < -0.4 is 20.1 Å². The molecule has 0 aliphatic rings. The van der Waals surface area contributed by atoms with Gasteiger partial charge in [0.1, 0.15) is 11.6 Å². The lowest BCUT2D eigenvalue weighted by molar-refractivity contribution is -0.123. The molecular weight excluding hydrogens is 429 g/mol. The Hall–Kier alpha value is -3.21. The van der Waals surface area contributed by atoms with E-state index >= 15 is 0 Å². The summed E-state index contributed by atoms with van der Waals surface area (Å²) in [5.41, 5.74) is 0.673. The fourth-order valence-electron chi connectivity index (χ4n) is 2.38. The van der Waals surface area contributed by atoms with Gasteiger partial charge in [0.05, 0.1) is 17.8 Å². The second-order valence-electron chi connectivity index (χ2n) is 5.90. The van der Waals surface area contributed by atoms with Crippen LogP contribution in [0.25, 0.3) is 6.08 Å². The summed E-state index contributed by atoms with van der Waals surface area (Å²) in [7, 11) is 1.45. The first-order valence-corrected chi connectivity index (χ1v) is 9.59. The van der Waals surface area contributed by atoms with Gasteiger partial charge in [-0.25, -0.2) is 0 Å². The standard InChI is InChI=1S/C21H19Cl2N3O4/c1-3-25-20(27)12-30-18-7-4-13(9-19(18)29-2)8-14(11-24)21(28)26-17-10-15(22)5-6-16(17)23/h4-10H,3,12H2,1-2H3,(H,25,27)(H,26,28)/b14-8+. The van der Waals surface area contributed by atoms with Crippen LogP contribution in [0.5, 0.6) is 11.5 Å². The molecule has 0 aliphatic heterocycles. The maximum atomic E-state index is 12.5. The lowest BCUT2D eigenvalue weighted by atomic mass is 10.1. The minimum Gasteiger partial charge on any atom is -0.493 e. The second-order valence-corrected chi connectivity index (χ2v) is 6.74. The van der Waals surface area contributed by atoms with Gasteiger partial charge in [0, 0.05) is 11.6 Å². The van der Waals surface area contributed by atoms with Crippen molar-refractivity contribution in [2.45, 2.75) is 6.92 Å². The van der Waals surface area contributed by atoms with Crippen molar-refractivity contribution in [3.63, 3.8) is 0 Å². The summed E-state index contributed by atoms with van der Waals surface area (Å²) in [6.07, 6.45) is 1.39. The van der Waals surface area contributed by atoms with Gasteiger partial charge >= 0.3 is 0 Å². The summed E-state index contributed by atoms with van der Waals surface area (Å²) in [6, 6.07) is 11.3. The number of hydrogen-bond donors (Lipinski definition) is 2. The Morgan fingerprint density at radius 2 is 1.93 bits per heavy atom. The molecule has 0 radical (unpaired) electrons. The van der Waals surface area contributed by atoms with Crippen LogP contribution in [0, 0.1) is 11.3 Å². The van der Waals surface area contributed by atoms with Crippen molar-refractivity contribution in [1.82, 2.24) is 5.32 Å². The van der Waals surface area contributed by atoms with Crippen molar-refractivity contribution >= 4 is 46.8 Å². The number of amides is 2. The van der Waals surface area contributed by atoms with Gasteiger partial charge in [0.15, 0.2) is 18.1 Å². The molecule has 156 valence electrons. The minimum atomic E-state index is -0.641. The molecule has 0 heterocycles. The number of nitrogens with one attached hydrogen (secondary N) is 2. The molecule has 0 aliphatic carbocycles. The highest BCUT2D eigenvalue weighted by Gasteiger charge is 2.13. The number of halogens is 2. The van der Waals surface area contributed by atoms with Gasteiger partial charge in [0.2, 0.25) is 0 Å². The Bertz CT molecular complexity index is 1020. The van der Waals surface area contributed by atoms with E-state index < -0.39 is 5.91 Å². The van der Waals surface area contributed by atoms with Crippen LogP contribution in [0.1, 0.15) is 12.5 Å². The van der Waals surface area contributed by atoms with Crippen molar-refractivity contribution in [3.05, 3.63) is 57.6 Å². The third kappa shape index (κ3) is 6.41. The summed E-state index contributed by atoms with van der Waals surface area (Å²) < 4.78 is 10.7. The van der Waals surface area contributed by atoms with Crippen LogP contribution in [0.3, 0.4) is 0 Å². The number of hydrogen-bond acceptors (Lipinski definition) is 5. The molecule has 0 spiro atoms. The summed E-state index contributed by atoms with van der Waals surface area (Å²) in [5.74, 6) is -0.193. The topological polar surface area (TPSA) is 100 Å². The van der Waals surface area contributed by atoms with Crippen LogP contribution in [-0.4, -0.2) is 32.1 Å². The molecule has 0 fully saturated rings. The Morgan fingerprint density at radius 1 is 1.17 bits per heavy atom. The van der Waals surface area contributed by atoms with Crippen LogP contribution in [0.4, 0.5) is 5.69 Å². The first-order chi connectivity index (χ1) is 14.4. The van der Waals surface area contributed by atoms with Crippen LogP contribution in [0.15, 0.2) is 42.0 Å². The monoisotopic (exact) mass is 447 g/mol. The Kier molecular flexibility index (Phi) is 8.54. The Morgan fingerprint density at radius 3 is 2.60 bits per heavy atom. The maximum Gasteiger partial charge on any atom is 0.266 e. The van der Waals surface area contributed by atoms with Crippen molar-refractivity contribution in [3.8, 4) is 17.6 Å². The molecule has 2 N–H and O–H groups in total. The molecule has 30 heavy (non-hydrogen) atoms. The van der Waals surface area contributed by atoms with E-state index in [0.717, 1.165) is 0 Å². The SMILES string of the molecule is CCNC(=O)COc1ccc(/C=C(\C#N)C(=O)Nc2cc(Cl)ccc2Cl)cc1OC. The molecular formula is C21H19Cl2N3O4. The Balaban J connectivity index is 2.20. The molecule has 9 heteroatoms. The molecule has 2 rings (SSSR count). The molecule has 0 saturated heterocycles. The molecule has 0 atom stereocenters. The van der Waals surface area contributed by atoms with Crippen molar-refractivity contribution < 1.29 is 19.1 Å². The van der Waals surface area contributed by atoms with E-state index in [1.807, 2.05) is 13.0 Å². The summed E-state index contributed by atoms with van der Waals surface area (Å²) in [6.45, 7) is 2.15. The summed E-state index contributed by atoms with van der Waals surface area (Å²) in [5, 5.41) is 15.3. The number of ether oxygens (including phenoxy) is 2. The molecule has 2 amide bonds. The average Bonchev–Trinajstić information content (AvgIpc) is 2.73. The van der Waals surface area contributed by atoms with Crippen molar-refractivity contribution in [1.29, 1.82) is 5.26 Å². The molecule has 2 aromatic rings. The number of carbonyl (C=O) groups excluding carboxylic acids is 2. The van der Waals surface area contributed by atoms with Gasteiger partial charge in [-0.2, -0.15) is 5.26 Å². The average molecular weight is 448 g/mol. The second kappa shape index (κ2) is 11.1. The summed E-state index contributed by atoms with van der Waals surface area (Å²) in [4.78, 5) is 24.0. The van der Waals surface area contributed by atoms with E-state index in [0.29, 0.717) is 39.3 Å². The molecule has 0 saturated carbocycles. The van der Waals surface area contributed by atoms with Gasteiger partial charge in [0.25, 0.3) is 11.8 Å². The van der Waals surface area contributed by atoms with Gasteiger partial charge in [-0.15, -0.1) is 0 Å². The fraction of sp³-hybridized carbons (Fsp3) is 0.190. The van der Waals surface area contributed by atoms with E-state index in [1.165, 1.54) is 19.3 Å². The van der Waals surface area contributed by atoms with Gasteiger partial charge in [-0.1, -0.05) is 29.3 Å². The number of rotatable bonds is 8. The number of nitriles is 1. The Labute approximate surface area is 184 Å². The smallest absolute Gasteiger partial charge is 0.266 e. The van der Waals surface area contributed by atoms with E-state index in [2.05, 4.69) is 10.6 Å². The fourth-order valence-corrected chi connectivity index (χ4v) is 2.72. The highest BCUT2D eigenvalue weighted by Crippen LogP contribution is 2.29. The van der Waals surface area contributed by atoms with Crippen molar-refractivity contribution in [2.75, 3.05) is 25.6 Å². The first-order valence-electron chi connectivity index (χ1n) is 8.83. The van der Waals surface area contributed by atoms with Crippen molar-refractivity contribution in [2.24, 2.45) is 0 Å². The summed E-state index contributed by atoms with van der Waals surface area (Å²) >= 11 is 12.0. The predicted molar refractivity (Wildman–Crippen MR) is 116 cm³/mol. The van der Waals surface area contributed by atoms with E-state index in [4.69, 9.17) is 32.7 Å². The molecule has 0 aromatic heterocycles. The molecule has 7 nitrogen and oxygen atoms in total. The number of anilines is 1. The quantitative estimate of drug-likeness (QED) is 0.469. The number of nitrogens with zero attached hydrogens (tertiary/aromatic N) is 1. The van der Waals surface area contributed by atoms with Crippen LogP contribution >= 0.6 is 23.2 Å². The van der Waals surface area contributed by atoms with Gasteiger partial charge < -0.3 is 20.1 Å². The highest BCUT2D eigenvalue weighted by molar-refractivity contribution is 6.36. The normalized spacial score (nSPS) is 10.7. The zero-order valence-electron chi connectivity index (χ0n) is 16.3. The third-order valence-electron chi connectivity index (χ3n) is 3.77. The zero-order valence-corrected chi connectivity index (χ0v) is 17.8. The molecule has 2 aromatic carbocycles. The van der Waals surface area contributed by atoms with E-state index in [9.17, 15) is 14.9 Å². The molecule has 0 bridgehead atoms. The van der Waals surface area contributed by atoms with Crippen LogP contribution in [-0.2, 0) is 9.59 Å². The highest BCUT2D eigenvalue weighted by atomic mass is 35.5. The largest absolute Gasteiger partial charge is 0.493 e. The van der Waals surface area contributed by atoms with E-state index in [1.54, 1.807) is 30.3 Å². The number of likely N-dealkylation sites (N-methyl/N-ethyl adjacent to an activating group) is 1. The number of benzene rings is 2. The first kappa shape index (κ1) is 23.1. The van der Waals surface area contributed by atoms with Gasteiger partial charge in [-0.05, 0) is 48.9 Å². The van der Waals surface area contributed by atoms with Gasteiger partial charge in [-0.3, -0.25) is 9.59 Å². The molecule has 0 unspecified atom stereocenters. The number of carbonyl (C=O) groups is 2. The lowest BCUT2D eigenvalue weighted by Crippen LogP contribution is -2.28. The minimum absolute atomic E-state index is 0.149. The van der Waals surface area contributed by atoms with E-state index in [-0.39, 0.29) is 18.1 Å². The number of methoxy groups -OCH3 is 1. The van der Waals surface area contributed by atoms with Crippen LogP contribution in [0.2, 0.25) is 10.0 Å². The maximum absolute atomic E-state index is 12.5.